The molecule has 3 aromatic rings. The molecule has 0 fully saturated rings. The van der Waals surface area contributed by atoms with Crippen molar-refractivity contribution in [3.63, 3.8) is 0 Å². The monoisotopic (exact) mass is 387 g/mol. The Balaban J connectivity index is 1.89. The third kappa shape index (κ3) is 3.54. The third-order valence-electron chi connectivity index (χ3n) is 4.94. The lowest BCUT2D eigenvalue weighted by Crippen LogP contribution is -2.15. The van der Waals surface area contributed by atoms with Gasteiger partial charge in [-0.2, -0.15) is 19.0 Å². The van der Waals surface area contributed by atoms with E-state index >= 15 is 0 Å². The molecule has 2 heterocycles. The van der Waals surface area contributed by atoms with Crippen molar-refractivity contribution in [3.8, 4) is 0 Å². The fraction of sp³-hybridized carbons (Fsp3) is 0.350. The van der Waals surface area contributed by atoms with Crippen LogP contribution in [0.3, 0.4) is 0 Å². The minimum absolute atomic E-state index is 0.132. The average molecular weight is 387 g/mol. The average Bonchev–Trinajstić information content (AvgIpc) is 3.07. The molecule has 0 unspecified atom stereocenters. The van der Waals surface area contributed by atoms with E-state index in [1.165, 1.54) is 6.92 Å². The lowest BCUT2D eigenvalue weighted by atomic mass is 10.1. The van der Waals surface area contributed by atoms with E-state index in [0.29, 0.717) is 22.6 Å². The summed E-state index contributed by atoms with van der Waals surface area (Å²) in [5.74, 6) is -0.469. The van der Waals surface area contributed by atoms with E-state index in [2.05, 4.69) is 15.5 Å². The Morgan fingerprint density at radius 1 is 1.04 bits per heavy atom. The number of amides is 1. The van der Waals surface area contributed by atoms with Crippen molar-refractivity contribution in [2.45, 2.75) is 47.7 Å². The van der Waals surface area contributed by atoms with Gasteiger partial charge in [0, 0.05) is 0 Å². The van der Waals surface area contributed by atoms with Crippen molar-refractivity contribution >= 4 is 11.6 Å². The zero-order chi connectivity index (χ0) is 20.6. The van der Waals surface area contributed by atoms with Crippen LogP contribution in [0.25, 0.3) is 0 Å². The number of nitrogens with one attached hydrogen (secondary N) is 1. The zero-order valence-corrected chi connectivity index (χ0v) is 16.5. The van der Waals surface area contributed by atoms with Crippen LogP contribution in [0.5, 0.6) is 0 Å². The van der Waals surface area contributed by atoms with Crippen molar-refractivity contribution in [1.29, 1.82) is 0 Å². The Morgan fingerprint density at radius 2 is 1.71 bits per heavy atom. The van der Waals surface area contributed by atoms with Gasteiger partial charge in [-0.05, 0) is 45.7 Å². The number of hydrogen-bond donors (Lipinski definition) is 1. The van der Waals surface area contributed by atoms with E-state index in [9.17, 15) is 13.6 Å². The quantitative estimate of drug-likeness (QED) is 0.709. The standard InChI is InChI=1S/C20H23F2N5O/c1-11-8-6-7-9-16(11)10-26-15(5)18(13(3)24-26)23-19(28)17-12(2)25-27(14(17)4)20(21)22/h6-9,20H,10H2,1-5H3,(H,23,28). The first-order valence-electron chi connectivity index (χ1n) is 8.94. The highest BCUT2D eigenvalue weighted by Crippen LogP contribution is 2.24. The highest BCUT2D eigenvalue weighted by atomic mass is 19.3. The van der Waals surface area contributed by atoms with Crippen LogP contribution in [0.1, 0.15) is 50.8 Å². The molecule has 0 atom stereocenters. The molecule has 8 heteroatoms. The predicted octanol–water partition coefficient (Wildman–Crippen LogP) is 4.32. The van der Waals surface area contributed by atoms with Crippen LogP contribution in [0.2, 0.25) is 0 Å². The molecule has 0 saturated carbocycles. The van der Waals surface area contributed by atoms with Gasteiger partial charge in [-0.25, -0.2) is 4.68 Å². The molecule has 28 heavy (non-hydrogen) atoms. The highest BCUT2D eigenvalue weighted by Gasteiger charge is 2.24. The fourth-order valence-electron chi connectivity index (χ4n) is 3.34. The van der Waals surface area contributed by atoms with Crippen molar-refractivity contribution in [1.82, 2.24) is 19.6 Å². The summed E-state index contributed by atoms with van der Waals surface area (Å²) >= 11 is 0. The number of nitrogens with zero attached hydrogens (tertiary/aromatic N) is 4. The molecule has 3 rings (SSSR count). The van der Waals surface area contributed by atoms with Crippen LogP contribution in [0.4, 0.5) is 14.5 Å². The molecule has 0 aliphatic carbocycles. The van der Waals surface area contributed by atoms with Gasteiger partial charge in [0.25, 0.3) is 5.91 Å². The van der Waals surface area contributed by atoms with Gasteiger partial charge in [-0.3, -0.25) is 9.48 Å². The Labute approximate surface area is 162 Å². The summed E-state index contributed by atoms with van der Waals surface area (Å²) < 4.78 is 28.5. The summed E-state index contributed by atoms with van der Waals surface area (Å²) in [5, 5.41) is 11.1. The second-order valence-electron chi connectivity index (χ2n) is 6.85. The van der Waals surface area contributed by atoms with Gasteiger partial charge in [0.2, 0.25) is 0 Å². The molecule has 0 aliphatic heterocycles. The smallest absolute Gasteiger partial charge is 0.319 e. The van der Waals surface area contributed by atoms with Crippen LogP contribution in [-0.4, -0.2) is 25.5 Å². The maximum Gasteiger partial charge on any atom is 0.333 e. The first-order valence-corrected chi connectivity index (χ1v) is 8.94. The number of hydrogen-bond acceptors (Lipinski definition) is 3. The minimum atomic E-state index is -2.79. The lowest BCUT2D eigenvalue weighted by molar-refractivity contribution is 0.0540. The van der Waals surface area contributed by atoms with Gasteiger partial charge >= 0.3 is 6.55 Å². The molecule has 1 aromatic carbocycles. The fourth-order valence-corrected chi connectivity index (χ4v) is 3.34. The molecule has 1 amide bonds. The zero-order valence-electron chi connectivity index (χ0n) is 16.5. The van der Waals surface area contributed by atoms with Gasteiger partial charge in [0.05, 0.1) is 40.6 Å². The number of anilines is 1. The molecular weight excluding hydrogens is 364 g/mol. The van der Waals surface area contributed by atoms with Crippen LogP contribution >= 0.6 is 0 Å². The molecule has 0 radical (unpaired) electrons. The number of halogens is 2. The van der Waals surface area contributed by atoms with Crippen molar-refractivity contribution < 1.29 is 13.6 Å². The SMILES string of the molecule is Cc1ccccc1Cn1nc(C)c(NC(=O)c2c(C)nn(C(F)F)c2C)c1C. The van der Waals surface area contributed by atoms with Crippen molar-refractivity contribution in [3.05, 3.63) is 63.7 Å². The van der Waals surface area contributed by atoms with Gasteiger partial charge in [0.1, 0.15) is 0 Å². The largest absolute Gasteiger partial charge is 0.333 e. The third-order valence-corrected chi connectivity index (χ3v) is 4.94. The van der Waals surface area contributed by atoms with E-state index in [1.54, 1.807) is 13.8 Å². The summed E-state index contributed by atoms with van der Waals surface area (Å²) in [4.78, 5) is 12.8. The number of aromatic nitrogens is 4. The summed E-state index contributed by atoms with van der Waals surface area (Å²) in [6.45, 7) is 6.51. The molecule has 1 N–H and O–H groups in total. The molecule has 2 aromatic heterocycles. The van der Waals surface area contributed by atoms with Gasteiger partial charge < -0.3 is 5.32 Å². The van der Waals surface area contributed by atoms with Gasteiger partial charge in [0.15, 0.2) is 0 Å². The number of aryl methyl sites for hydroxylation is 3. The maximum absolute atomic E-state index is 13.0. The summed E-state index contributed by atoms with van der Waals surface area (Å²) in [7, 11) is 0. The summed E-state index contributed by atoms with van der Waals surface area (Å²) in [5.41, 5.74) is 4.89. The molecule has 0 spiro atoms. The van der Waals surface area contributed by atoms with Crippen LogP contribution < -0.4 is 5.32 Å². The Morgan fingerprint density at radius 3 is 2.32 bits per heavy atom. The van der Waals surface area contributed by atoms with Crippen LogP contribution in [0, 0.1) is 34.6 Å². The van der Waals surface area contributed by atoms with Crippen LogP contribution in [0.15, 0.2) is 24.3 Å². The Bertz CT molecular complexity index is 1040. The summed E-state index contributed by atoms with van der Waals surface area (Å²) in [6.07, 6.45) is 0. The van der Waals surface area contributed by atoms with Crippen molar-refractivity contribution in [2.24, 2.45) is 0 Å². The van der Waals surface area contributed by atoms with E-state index < -0.39 is 12.5 Å². The van der Waals surface area contributed by atoms with Gasteiger partial charge in [-0.15, -0.1) is 0 Å². The summed E-state index contributed by atoms with van der Waals surface area (Å²) in [6, 6.07) is 8.03. The number of carbonyl (C=O) groups is 1. The maximum atomic E-state index is 13.0. The molecule has 0 aliphatic rings. The topological polar surface area (TPSA) is 64.7 Å². The lowest BCUT2D eigenvalue weighted by Gasteiger charge is -2.09. The molecule has 148 valence electrons. The second-order valence-corrected chi connectivity index (χ2v) is 6.85. The van der Waals surface area contributed by atoms with Gasteiger partial charge in [-0.1, -0.05) is 24.3 Å². The number of carbonyl (C=O) groups excluding carboxylic acids is 1. The predicted molar refractivity (Wildman–Crippen MR) is 103 cm³/mol. The minimum Gasteiger partial charge on any atom is -0.319 e. The number of rotatable bonds is 5. The van der Waals surface area contributed by atoms with Crippen LogP contribution in [-0.2, 0) is 6.54 Å². The normalized spacial score (nSPS) is 11.3. The molecule has 0 bridgehead atoms. The van der Waals surface area contributed by atoms with Crippen molar-refractivity contribution in [2.75, 3.05) is 5.32 Å². The molecule has 6 nitrogen and oxygen atoms in total. The Kier molecular flexibility index (Phi) is 5.31. The molecular formula is C20H23F2N5O. The number of alkyl halides is 2. The number of benzene rings is 1. The van der Waals surface area contributed by atoms with E-state index in [1.807, 2.05) is 42.8 Å². The highest BCUT2D eigenvalue weighted by molar-refractivity contribution is 6.06. The first-order chi connectivity index (χ1) is 13.2. The second kappa shape index (κ2) is 7.53. The molecule has 0 saturated heterocycles. The first kappa shape index (κ1) is 19.7. The van der Waals surface area contributed by atoms with E-state index in [0.717, 1.165) is 16.8 Å². The van der Waals surface area contributed by atoms with E-state index in [4.69, 9.17) is 0 Å². The Hall–Kier alpha value is -3.03. The van der Waals surface area contributed by atoms with E-state index in [-0.39, 0.29) is 17.0 Å².